The summed E-state index contributed by atoms with van der Waals surface area (Å²) in [6.07, 6.45) is -0.0512. The molecule has 1 aromatic rings. The van der Waals surface area contributed by atoms with E-state index in [4.69, 9.17) is 9.47 Å². The number of carbonyl (C=O) groups is 1. The highest BCUT2D eigenvalue weighted by atomic mass is 16.6. The van der Waals surface area contributed by atoms with Crippen LogP contribution in [0.25, 0.3) is 0 Å². The second-order valence-corrected chi connectivity index (χ2v) is 6.34. The Morgan fingerprint density at radius 1 is 1.33 bits per heavy atom. The first kappa shape index (κ1) is 11.6. The molecule has 1 saturated carbocycles. The maximum absolute atomic E-state index is 12.3. The van der Waals surface area contributed by atoms with Crippen LogP contribution in [-0.4, -0.2) is 17.7 Å². The van der Waals surface area contributed by atoms with Gasteiger partial charge < -0.3 is 9.47 Å². The van der Waals surface area contributed by atoms with Gasteiger partial charge in [-0.1, -0.05) is 18.2 Å². The van der Waals surface area contributed by atoms with Crippen molar-refractivity contribution in [3.05, 3.63) is 29.8 Å². The molecule has 3 heteroatoms. The third kappa shape index (κ3) is 1.46. The summed E-state index contributed by atoms with van der Waals surface area (Å²) in [5.41, 5.74) is 0.175. The lowest BCUT2D eigenvalue weighted by Crippen LogP contribution is -2.31. The summed E-state index contributed by atoms with van der Waals surface area (Å²) in [4.78, 5) is 12.3. The standard InChI is InChI=1S/C15H18O3/c1-14(2,3)18-13(16)15(4)11-9-7-5-6-8-10(9)17-12(11)15/h5-8,11-12H,1-4H3. The van der Waals surface area contributed by atoms with Crippen molar-refractivity contribution in [3.63, 3.8) is 0 Å². The molecule has 0 saturated heterocycles. The van der Waals surface area contributed by atoms with Gasteiger partial charge in [-0.15, -0.1) is 0 Å². The maximum Gasteiger partial charge on any atom is 0.316 e. The summed E-state index contributed by atoms with van der Waals surface area (Å²) in [5, 5.41) is 0. The highest BCUT2D eigenvalue weighted by Crippen LogP contribution is 2.67. The largest absolute Gasteiger partial charge is 0.488 e. The van der Waals surface area contributed by atoms with Crippen molar-refractivity contribution >= 4 is 5.97 Å². The summed E-state index contributed by atoms with van der Waals surface area (Å²) in [6, 6.07) is 7.93. The number of benzene rings is 1. The van der Waals surface area contributed by atoms with Gasteiger partial charge in [-0.25, -0.2) is 0 Å². The van der Waals surface area contributed by atoms with Gasteiger partial charge in [0.15, 0.2) is 0 Å². The molecule has 1 aliphatic carbocycles. The van der Waals surface area contributed by atoms with E-state index >= 15 is 0 Å². The van der Waals surface area contributed by atoms with E-state index in [9.17, 15) is 4.79 Å². The van der Waals surface area contributed by atoms with Gasteiger partial charge in [-0.2, -0.15) is 0 Å². The number of rotatable bonds is 1. The number of para-hydroxylation sites is 1. The Bertz CT molecular complexity index is 515. The zero-order valence-electron chi connectivity index (χ0n) is 11.2. The van der Waals surface area contributed by atoms with E-state index in [0.717, 1.165) is 11.3 Å². The molecule has 0 amide bonds. The van der Waals surface area contributed by atoms with E-state index in [0.29, 0.717) is 0 Å². The Kier molecular flexibility index (Phi) is 2.11. The lowest BCUT2D eigenvalue weighted by Gasteiger charge is -2.24. The molecule has 0 N–H and O–H groups in total. The fourth-order valence-corrected chi connectivity index (χ4v) is 2.76. The molecular formula is C15H18O3. The van der Waals surface area contributed by atoms with Crippen LogP contribution in [0.5, 0.6) is 5.75 Å². The SMILES string of the molecule is CC(C)(C)OC(=O)C1(C)C2Oc3ccccc3C21. The van der Waals surface area contributed by atoms with E-state index in [-0.39, 0.29) is 18.0 Å². The molecule has 3 nitrogen and oxygen atoms in total. The molecule has 0 bridgehead atoms. The highest BCUT2D eigenvalue weighted by molar-refractivity contribution is 5.85. The van der Waals surface area contributed by atoms with E-state index in [2.05, 4.69) is 0 Å². The zero-order valence-corrected chi connectivity index (χ0v) is 11.2. The van der Waals surface area contributed by atoms with Gasteiger partial charge in [0, 0.05) is 11.5 Å². The number of fused-ring (bicyclic) bond motifs is 3. The Labute approximate surface area is 107 Å². The molecule has 18 heavy (non-hydrogen) atoms. The highest BCUT2D eigenvalue weighted by Gasteiger charge is 2.73. The Morgan fingerprint density at radius 2 is 2.00 bits per heavy atom. The minimum Gasteiger partial charge on any atom is -0.488 e. The van der Waals surface area contributed by atoms with E-state index in [1.54, 1.807) is 0 Å². The van der Waals surface area contributed by atoms with Crippen molar-refractivity contribution < 1.29 is 14.3 Å². The van der Waals surface area contributed by atoms with E-state index in [1.165, 1.54) is 0 Å². The topological polar surface area (TPSA) is 35.5 Å². The minimum absolute atomic E-state index is 0.0512. The third-order valence-electron chi connectivity index (χ3n) is 3.78. The Hall–Kier alpha value is -1.51. The fraction of sp³-hybridized carbons (Fsp3) is 0.533. The summed E-state index contributed by atoms with van der Waals surface area (Å²) in [5.74, 6) is 0.914. The molecule has 0 radical (unpaired) electrons. The van der Waals surface area contributed by atoms with Gasteiger partial charge in [0.2, 0.25) is 0 Å². The number of hydrogen-bond donors (Lipinski definition) is 0. The van der Waals surface area contributed by atoms with Gasteiger partial charge in [-0.05, 0) is 33.8 Å². The molecule has 1 aliphatic heterocycles. The predicted molar refractivity (Wildman–Crippen MR) is 67.6 cm³/mol. The maximum atomic E-state index is 12.3. The molecule has 96 valence electrons. The number of ether oxygens (including phenoxy) is 2. The molecule has 1 fully saturated rings. The summed E-state index contributed by atoms with van der Waals surface area (Å²) >= 11 is 0. The fourth-order valence-electron chi connectivity index (χ4n) is 2.76. The van der Waals surface area contributed by atoms with Crippen LogP contribution in [0.4, 0.5) is 0 Å². The molecule has 2 aliphatic rings. The van der Waals surface area contributed by atoms with Crippen LogP contribution in [0.1, 0.15) is 39.2 Å². The normalized spacial score (nSPS) is 32.2. The number of carbonyl (C=O) groups excluding carboxylic acids is 1. The summed E-state index contributed by atoms with van der Waals surface area (Å²) in [7, 11) is 0. The van der Waals surface area contributed by atoms with E-state index in [1.807, 2.05) is 52.0 Å². The van der Waals surface area contributed by atoms with Crippen LogP contribution < -0.4 is 4.74 Å². The average molecular weight is 246 g/mol. The minimum atomic E-state index is -0.512. The number of esters is 1. The van der Waals surface area contributed by atoms with Crippen LogP contribution in [0.3, 0.4) is 0 Å². The van der Waals surface area contributed by atoms with Crippen molar-refractivity contribution in [1.82, 2.24) is 0 Å². The van der Waals surface area contributed by atoms with Crippen LogP contribution in [-0.2, 0) is 9.53 Å². The first-order valence-electron chi connectivity index (χ1n) is 6.33. The van der Waals surface area contributed by atoms with Crippen molar-refractivity contribution in [1.29, 1.82) is 0 Å². The van der Waals surface area contributed by atoms with Crippen molar-refractivity contribution in [2.24, 2.45) is 5.41 Å². The molecular weight excluding hydrogens is 228 g/mol. The monoisotopic (exact) mass is 246 g/mol. The third-order valence-corrected chi connectivity index (χ3v) is 3.78. The van der Waals surface area contributed by atoms with Gasteiger partial charge in [0.05, 0.1) is 0 Å². The molecule has 0 spiro atoms. The van der Waals surface area contributed by atoms with Crippen LogP contribution in [0.2, 0.25) is 0 Å². The lowest BCUT2D eigenvalue weighted by molar-refractivity contribution is -0.162. The van der Waals surface area contributed by atoms with Crippen LogP contribution >= 0.6 is 0 Å². The second kappa shape index (κ2) is 3.28. The first-order valence-corrected chi connectivity index (χ1v) is 6.33. The first-order chi connectivity index (χ1) is 8.34. The average Bonchev–Trinajstić information content (AvgIpc) is 2.69. The molecule has 3 rings (SSSR count). The quantitative estimate of drug-likeness (QED) is 0.715. The molecule has 1 aromatic carbocycles. The van der Waals surface area contributed by atoms with Crippen molar-refractivity contribution in [2.45, 2.75) is 45.3 Å². The Morgan fingerprint density at radius 3 is 2.67 bits per heavy atom. The number of hydrogen-bond acceptors (Lipinski definition) is 3. The summed E-state index contributed by atoms with van der Waals surface area (Å²) < 4.78 is 11.3. The van der Waals surface area contributed by atoms with Gasteiger partial charge in [-0.3, -0.25) is 4.79 Å². The molecule has 3 atom stereocenters. The summed E-state index contributed by atoms with van der Waals surface area (Å²) in [6.45, 7) is 7.61. The molecule has 0 aromatic heterocycles. The van der Waals surface area contributed by atoms with Gasteiger partial charge in [0.1, 0.15) is 22.9 Å². The van der Waals surface area contributed by atoms with Crippen molar-refractivity contribution in [2.75, 3.05) is 0 Å². The molecule has 1 heterocycles. The van der Waals surface area contributed by atoms with Gasteiger partial charge >= 0.3 is 5.97 Å². The molecule has 3 unspecified atom stereocenters. The van der Waals surface area contributed by atoms with Crippen molar-refractivity contribution in [3.8, 4) is 5.75 Å². The lowest BCUT2D eigenvalue weighted by atomic mass is 9.99. The zero-order chi connectivity index (χ0) is 13.1. The van der Waals surface area contributed by atoms with Crippen LogP contribution in [0.15, 0.2) is 24.3 Å². The van der Waals surface area contributed by atoms with Crippen LogP contribution in [0, 0.1) is 5.41 Å². The predicted octanol–water partition coefficient (Wildman–Crippen LogP) is 2.89. The Balaban J connectivity index is 1.84. The van der Waals surface area contributed by atoms with E-state index < -0.39 is 11.0 Å². The second-order valence-electron chi connectivity index (χ2n) is 6.34. The van der Waals surface area contributed by atoms with Gasteiger partial charge in [0.25, 0.3) is 0 Å². The smallest absolute Gasteiger partial charge is 0.316 e.